The predicted octanol–water partition coefficient (Wildman–Crippen LogP) is 3.11. The van der Waals surface area contributed by atoms with Crippen LogP contribution in [0.25, 0.3) is 0 Å². The molecule has 0 amide bonds. The van der Waals surface area contributed by atoms with Gasteiger partial charge in [-0.25, -0.2) is 0 Å². The molecule has 1 atom stereocenters. The van der Waals surface area contributed by atoms with Crippen LogP contribution in [0.3, 0.4) is 0 Å². The zero-order chi connectivity index (χ0) is 14.0. The Labute approximate surface area is 114 Å². The van der Waals surface area contributed by atoms with Gasteiger partial charge in [-0.15, -0.1) is 0 Å². The molecule has 0 saturated heterocycles. The van der Waals surface area contributed by atoms with Crippen molar-refractivity contribution >= 4 is 16.3 Å². The molecular formula is C12H15N3O3S. The maximum atomic E-state index is 10.6. The van der Waals surface area contributed by atoms with Gasteiger partial charge in [-0.2, -0.15) is 0 Å². The molecule has 2 rings (SSSR count). The van der Waals surface area contributed by atoms with Crippen molar-refractivity contribution in [3.8, 4) is 0 Å². The average Bonchev–Trinajstić information content (AvgIpc) is 2.94. The average molecular weight is 281 g/mol. The lowest BCUT2D eigenvalue weighted by molar-refractivity contribution is -0.380. The van der Waals surface area contributed by atoms with E-state index >= 15 is 0 Å². The molecule has 0 spiro atoms. The molecular weight excluding hydrogens is 266 g/mol. The van der Waals surface area contributed by atoms with Crippen molar-refractivity contribution in [3.05, 3.63) is 44.1 Å². The van der Waals surface area contributed by atoms with Crippen LogP contribution in [0.5, 0.6) is 0 Å². The van der Waals surface area contributed by atoms with E-state index in [1.807, 2.05) is 20.8 Å². The van der Waals surface area contributed by atoms with E-state index in [1.54, 1.807) is 6.07 Å². The van der Waals surface area contributed by atoms with Crippen LogP contribution in [-0.4, -0.2) is 10.1 Å². The number of nitrogens with zero attached hydrogens (tertiary/aromatic N) is 2. The lowest BCUT2D eigenvalue weighted by Gasteiger charge is -2.12. The molecule has 2 aromatic heterocycles. The van der Waals surface area contributed by atoms with Crippen molar-refractivity contribution in [2.75, 3.05) is 0 Å². The Morgan fingerprint density at radius 1 is 1.53 bits per heavy atom. The Kier molecular flexibility index (Phi) is 3.96. The number of nitro groups is 1. The molecule has 1 unspecified atom stereocenters. The maximum Gasteiger partial charge on any atom is 0.324 e. The predicted molar refractivity (Wildman–Crippen MR) is 72.2 cm³/mol. The molecule has 19 heavy (non-hydrogen) atoms. The molecule has 0 bridgehead atoms. The lowest BCUT2D eigenvalue weighted by Crippen LogP contribution is -2.18. The summed E-state index contributed by atoms with van der Waals surface area (Å²) in [6.45, 7) is 6.39. The van der Waals surface area contributed by atoms with Gasteiger partial charge in [-0.3, -0.25) is 10.1 Å². The second kappa shape index (κ2) is 5.50. The first-order valence-electron chi connectivity index (χ1n) is 5.88. The van der Waals surface area contributed by atoms with Crippen LogP contribution in [0.1, 0.15) is 34.9 Å². The molecule has 1 N–H and O–H groups in total. The molecule has 0 aliphatic rings. The zero-order valence-corrected chi connectivity index (χ0v) is 11.8. The van der Waals surface area contributed by atoms with E-state index < -0.39 is 0 Å². The van der Waals surface area contributed by atoms with Gasteiger partial charge >= 0.3 is 5.00 Å². The van der Waals surface area contributed by atoms with E-state index in [2.05, 4.69) is 10.5 Å². The van der Waals surface area contributed by atoms with E-state index in [0.717, 1.165) is 21.9 Å². The van der Waals surface area contributed by atoms with Crippen molar-refractivity contribution in [2.45, 2.75) is 33.4 Å². The molecule has 2 heterocycles. The Hall–Kier alpha value is -1.73. The molecule has 0 saturated carbocycles. The van der Waals surface area contributed by atoms with E-state index in [4.69, 9.17) is 4.52 Å². The first-order valence-corrected chi connectivity index (χ1v) is 6.70. The number of hydrogen-bond donors (Lipinski definition) is 1. The summed E-state index contributed by atoms with van der Waals surface area (Å²) in [5.74, 6) is 0.801. The van der Waals surface area contributed by atoms with Crippen LogP contribution in [0, 0.1) is 24.0 Å². The Morgan fingerprint density at radius 3 is 2.79 bits per heavy atom. The summed E-state index contributed by atoms with van der Waals surface area (Å²) in [4.78, 5) is 11.2. The van der Waals surface area contributed by atoms with Gasteiger partial charge in [0.25, 0.3) is 0 Å². The molecule has 102 valence electrons. The minimum Gasteiger partial charge on any atom is -0.361 e. The number of aromatic nitrogens is 1. The number of hydrogen-bond acceptors (Lipinski definition) is 6. The summed E-state index contributed by atoms with van der Waals surface area (Å²) in [5, 5.41) is 18.0. The summed E-state index contributed by atoms with van der Waals surface area (Å²) in [7, 11) is 0. The highest BCUT2D eigenvalue weighted by Gasteiger charge is 2.16. The number of nitrogens with one attached hydrogen (secondary N) is 1. The van der Waals surface area contributed by atoms with Crippen molar-refractivity contribution in [1.82, 2.24) is 10.5 Å². The van der Waals surface area contributed by atoms with Gasteiger partial charge < -0.3 is 9.84 Å². The van der Waals surface area contributed by atoms with Crippen LogP contribution in [0.15, 0.2) is 16.7 Å². The van der Waals surface area contributed by atoms with E-state index in [9.17, 15) is 10.1 Å². The van der Waals surface area contributed by atoms with Crippen LogP contribution in [0.2, 0.25) is 0 Å². The van der Waals surface area contributed by atoms with E-state index in [0.29, 0.717) is 6.54 Å². The minimum atomic E-state index is -0.369. The highest BCUT2D eigenvalue weighted by molar-refractivity contribution is 7.15. The van der Waals surface area contributed by atoms with Gasteiger partial charge in [0.2, 0.25) is 0 Å². The fourth-order valence-corrected chi connectivity index (χ4v) is 2.79. The molecule has 0 aromatic carbocycles. The maximum absolute atomic E-state index is 10.6. The monoisotopic (exact) mass is 281 g/mol. The third-order valence-electron chi connectivity index (χ3n) is 2.93. The molecule has 0 aliphatic heterocycles. The molecule has 7 heteroatoms. The van der Waals surface area contributed by atoms with Gasteiger partial charge in [0, 0.05) is 29.1 Å². The molecule has 0 aliphatic carbocycles. The van der Waals surface area contributed by atoms with Gasteiger partial charge in [0.1, 0.15) is 5.76 Å². The Balaban J connectivity index is 2.00. The number of rotatable bonds is 5. The Bertz CT molecular complexity index is 571. The fraction of sp³-hybridized carbons (Fsp3) is 0.417. The van der Waals surface area contributed by atoms with Gasteiger partial charge in [0.05, 0.1) is 10.6 Å². The van der Waals surface area contributed by atoms with Crippen molar-refractivity contribution < 1.29 is 9.45 Å². The van der Waals surface area contributed by atoms with Crippen molar-refractivity contribution in [3.63, 3.8) is 0 Å². The molecule has 2 aromatic rings. The van der Waals surface area contributed by atoms with Gasteiger partial charge in [0.15, 0.2) is 0 Å². The second-order valence-electron chi connectivity index (χ2n) is 4.34. The first-order chi connectivity index (χ1) is 8.99. The van der Waals surface area contributed by atoms with Crippen LogP contribution in [-0.2, 0) is 6.54 Å². The number of aryl methyl sites for hydroxylation is 2. The smallest absolute Gasteiger partial charge is 0.324 e. The van der Waals surface area contributed by atoms with Gasteiger partial charge in [-0.1, -0.05) is 16.5 Å². The summed E-state index contributed by atoms with van der Waals surface area (Å²) < 4.78 is 5.13. The number of thiophene rings is 1. The second-order valence-corrected chi connectivity index (χ2v) is 5.48. The van der Waals surface area contributed by atoms with E-state index in [-0.39, 0.29) is 16.0 Å². The fourth-order valence-electron chi connectivity index (χ4n) is 2.02. The third kappa shape index (κ3) is 2.99. The largest absolute Gasteiger partial charge is 0.361 e. The van der Waals surface area contributed by atoms with Crippen LogP contribution >= 0.6 is 11.3 Å². The van der Waals surface area contributed by atoms with Crippen molar-refractivity contribution in [2.24, 2.45) is 0 Å². The third-order valence-corrected chi connectivity index (χ3v) is 3.97. The molecule has 6 nitrogen and oxygen atoms in total. The summed E-state index contributed by atoms with van der Waals surface area (Å²) in [5.41, 5.74) is 1.92. The summed E-state index contributed by atoms with van der Waals surface area (Å²) in [6.07, 6.45) is 0. The zero-order valence-electron chi connectivity index (χ0n) is 11.0. The topological polar surface area (TPSA) is 81.2 Å². The summed E-state index contributed by atoms with van der Waals surface area (Å²) in [6, 6.07) is 3.39. The molecule has 0 radical (unpaired) electrons. The minimum absolute atomic E-state index is 0.0902. The van der Waals surface area contributed by atoms with Gasteiger partial charge in [-0.05, 0) is 26.8 Å². The normalized spacial score (nSPS) is 12.6. The highest BCUT2D eigenvalue weighted by atomic mass is 32.1. The lowest BCUT2D eigenvalue weighted by atomic mass is 10.1. The highest BCUT2D eigenvalue weighted by Crippen LogP contribution is 2.25. The standard InChI is InChI=1S/C12H15N3O3S/c1-7(12-8(2)14-18-9(12)3)13-6-10-4-5-11(19-10)15(16)17/h4-5,7,13H,6H2,1-3H3. The van der Waals surface area contributed by atoms with E-state index in [1.165, 1.54) is 17.4 Å². The van der Waals surface area contributed by atoms with Crippen molar-refractivity contribution in [1.29, 1.82) is 0 Å². The van der Waals surface area contributed by atoms with Crippen LogP contribution < -0.4 is 5.32 Å². The Morgan fingerprint density at radius 2 is 2.26 bits per heavy atom. The molecule has 0 fully saturated rings. The van der Waals surface area contributed by atoms with Crippen LogP contribution in [0.4, 0.5) is 5.00 Å². The first kappa shape index (κ1) is 13.7. The SMILES string of the molecule is Cc1noc(C)c1C(C)NCc1ccc([N+](=O)[O-])s1. The quantitative estimate of drug-likeness (QED) is 0.672. The summed E-state index contributed by atoms with van der Waals surface area (Å²) >= 11 is 1.19.